The van der Waals surface area contributed by atoms with Gasteiger partial charge in [0, 0.05) is 10.5 Å². The van der Waals surface area contributed by atoms with Crippen molar-refractivity contribution in [2.75, 3.05) is 5.75 Å². The third kappa shape index (κ3) is 5.04. The molecule has 2 heteroatoms. The molecule has 0 heterocycles. The normalized spacial score (nSPS) is 21.0. The van der Waals surface area contributed by atoms with Gasteiger partial charge in [-0.05, 0) is 12.3 Å². The van der Waals surface area contributed by atoms with E-state index in [1.54, 1.807) is 0 Å². The van der Waals surface area contributed by atoms with Gasteiger partial charge in [-0.2, -0.15) is 11.8 Å². The average molecular weight is 188 g/mol. The number of aliphatic hydroxyl groups is 1. The third-order valence-electron chi connectivity index (χ3n) is 2.01. The molecule has 1 atom stereocenters. The summed E-state index contributed by atoms with van der Waals surface area (Å²) in [6.45, 7) is 6.59. The van der Waals surface area contributed by atoms with Crippen LogP contribution in [0.1, 0.15) is 40.0 Å². The number of thioether (sulfide) groups is 1. The lowest BCUT2D eigenvalue weighted by molar-refractivity contribution is 0.181. The van der Waals surface area contributed by atoms with Gasteiger partial charge in [0.15, 0.2) is 0 Å². The first-order chi connectivity index (χ1) is 5.47. The Morgan fingerprint density at radius 2 is 2.00 bits per heavy atom. The zero-order chi connectivity index (χ0) is 9.19. The molecule has 0 aromatic heterocycles. The summed E-state index contributed by atoms with van der Waals surface area (Å²) in [6.07, 6.45) is 3.65. The Bertz CT molecular complexity index is 135. The fourth-order valence-corrected chi connectivity index (χ4v) is 1.98. The van der Waals surface area contributed by atoms with Gasteiger partial charge in [-0.15, -0.1) is 0 Å². The Hall–Kier alpha value is 0.310. The van der Waals surface area contributed by atoms with Gasteiger partial charge in [0.1, 0.15) is 0 Å². The van der Waals surface area contributed by atoms with Gasteiger partial charge in [0.05, 0.1) is 6.10 Å². The predicted molar refractivity (Wildman–Crippen MR) is 55.6 cm³/mol. The smallest absolute Gasteiger partial charge is 0.0633 e. The molecule has 12 heavy (non-hydrogen) atoms. The molecule has 0 aliphatic heterocycles. The first-order valence-corrected chi connectivity index (χ1v) is 5.78. The van der Waals surface area contributed by atoms with Crippen LogP contribution < -0.4 is 0 Å². The second-order valence-electron chi connectivity index (χ2n) is 4.76. The molecule has 0 aromatic carbocycles. The van der Waals surface area contributed by atoms with Crippen LogP contribution in [-0.2, 0) is 0 Å². The summed E-state index contributed by atoms with van der Waals surface area (Å²) >= 11 is 1.86. The van der Waals surface area contributed by atoms with Gasteiger partial charge in [-0.1, -0.05) is 33.6 Å². The highest BCUT2D eigenvalue weighted by atomic mass is 32.2. The van der Waals surface area contributed by atoms with E-state index in [4.69, 9.17) is 0 Å². The molecule has 0 aromatic rings. The minimum absolute atomic E-state index is 0.0678. The van der Waals surface area contributed by atoms with Gasteiger partial charge in [0.2, 0.25) is 0 Å². The summed E-state index contributed by atoms with van der Waals surface area (Å²) in [5.41, 5.74) is 0. The van der Waals surface area contributed by atoms with Crippen molar-refractivity contribution in [1.82, 2.24) is 0 Å². The van der Waals surface area contributed by atoms with Crippen molar-refractivity contribution >= 4 is 11.8 Å². The standard InChI is InChI=1S/C10H20OS/c1-10(2,3)12-7-9(11)6-8-4-5-8/h8-9,11H,4-7H2,1-3H3. The first-order valence-electron chi connectivity index (χ1n) is 4.79. The lowest BCUT2D eigenvalue weighted by atomic mass is 10.2. The molecule has 1 unspecified atom stereocenters. The molecular weight excluding hydrogens is 168 g/mol. The monoisotopic (exact) mass is 188 g/mol. The third-order valence-corrected chi connectivity index (χ3v) is 3.43. The van der Waals surface area contributed by atoms with E-state index in [9.17, 15) is 5.11 Å². The summed E-state index contributed by atoms with van der Waals surface area (Å²) in [5, 5.41) is 9.60. The predicted octanol–water partition coefficient (Wildman–Crippen LogP) is 2.68. The molecule has 1 aliphatic carbocycles. The molecule has 0 saturated heterocycles. The topological polar surface area (TPSA) is 20.2 Å². The van der Waals surface area contributed by atoms with Crippen molar-refractivity contribution in [1.29, 1.82) is 0 Å². The highest BCUT2D eigenvalue weighted by molar-refractivity contribution is 8.00. The Labute approximate surface area is 79.9 Å². The van der Waals surface area contributed by atoms with Crippen LogP contribution in [0.2, 0.25) is 0 Å². The number of hydrogen-bond donors (Lipinski definition) is 1. The largest absolute Gasteiger partial charge is 0.392 e. The van der Waals surface area contributed by atoms with E-state index in [1.165, 1.54) is 12.8 Å². The molecule has 1 aliphatic rings. The van der Waals surface area contributed by atoms with Crippen molar-refractivity contribution in [3.63, 3.8) is 0 Å². The molecule has 1 nitrogen and oxygen atoms in total. The van der Waals surface area contributed by atoms with Gasteiger partial charge in [-0.25, -0.2) is 0 Å². The lowest BCUT2D eigenvalue weighted by Gasteiger charge is -2.19. The summed E-state index contributed by atoms with van der Waals surface area (Å²) in [5.74, 6) is 1.75. The maximum Gasteiger partial charge on any atom is 0.0633 e. The molecular formula is C10H20OS. The van der Waals surface area contributed by atoms with Crippen LogP contribution in [-0.4, -0.2) is 21.7 Å². The molecule has 0 radical (unpaired) electrons. The van der Waals surface area contributed by atoms with Gasteiger partial charge < -0.3 is 5.11 Å². The van der Waals surface area contributed by atoms with Gasteiger partial charge >= 0.3 is 0 Å². The molecule has 72 valence electrons. The van der Waals surface area contributed by atoms with E-state index in [0.717, 1.165) is 18.1 Å². The van der Waals surface area contributed by atoms with Gasteiger partial charge in [-0.3, -0.25) is 0 Å². The first kappa shape index (κ1) is 10.4. The van der Waals surface area contributed by atoms with Crippen LogP contribution in [0.15, 0.2) is 0 Å². The minimum atomic E-state index is -0.0678. The molecule has 0 spiro atoms. The summed E-state index contributed by atoms with van der Waals surface area (Å²) < 4.78 is 0.296. The van der Waals surface area contributed by atoms with Crippen molar-refractivity contribution in [3.8, 4) is 0 Å². The Morgan fingerprint density at radius 3 is 2.42 bits per heavy atom. The van der Waals surface area contributed by atoms with E-state index >= 15 is 0 Å². The average Bonchev–Trinajstić information content (AvgIpc) is 2.66. The van der Waals surface area contributed by atoms with E-state index in [0.29, 0.717) is 4.75 Å². The molecule has 1 N–H and O–H groups in total. The second-order valence-corrected chi connectivity index (χ2v) is 6.60. The van der Waals surface area contributed by atoms with Crippen molar-refractivity contribution in [3.05, 3.63) is 0 Å². The number of aliphatic hydroxyl groups excluding tert-OH is 1. The van der Waals surface area contributed by atoms with E-state index < -0.39 is 0 Å². The summed E-state index contributed by atoms with van der Waals surface area (Å²) in [6, 6.07) is 0. The molecule has 0 amide bonds. The lowest BCUT2D eigenvalue weighted by Crippen LogP contribution is -2.17. The van der Waals surface area contributed by atoms with Crippen LogP contribution in [0.25, 0.3) is 0 Å². The fraction of sp³-hybridized carbons (Fsp3) is 1.00. The quantitative estimate of drug-likeness (QED) is 0.732. The fourth-order valence-electron chi connectivity index (χ4n) is 1.15. The number of hydrogen-bond acceptors (Lipinski definition) is 2. The molecule has 1 fully saturated rings. The van der Waals surface area contributed by atoms with Gasteiger partial charge in [0.25, 0.3) is 0 Å². The van der Waals surface area contributed by atoms with E-state index in [2.05, 4.69) is 20.8 Å². The maximum absolute atomic E-state index is 9.60. The summed E-state index contributed by atoms with van der Waals surface area (Å²) in [7, 11) is 0. The maximum atomic E-state index is 9.60. The van der Waals surface area contributed by atoms with Crippen LogP contribution in [0.5, 0.6) is 0 Å². The van der Waals surface area contributed by atoms with Crippen LogP contribution in [0, 0.1) is 5.92 Å². The second kappa shape index (κ2) is 4.01. The zero-order valence-electron chi connectivity index (χ0n) is 8.34. The highest BCUT2D eigenvalue weighted by Gasteiger charge is 2.25. The van der Waals surface area contributed by atoms with Crippen LogP contribution >= 0.6 is 11.8 Å². The molecule has 0 bridgehead atoms. The Kier molecular flexibility index (Phi) is 3.47. The molecule has 1 saturated carbocycles. The number of rotatable bonds is 4. The van der Waals surface area contributed by atoms with Crippen molar-refractivity contribution < 1.29 is 5.11 Å². The van der Waals surface area contributed by atoms with Crippen LogP contribution in [0.3, 0.4) is 0 Å². The van der Waals surface area contributed by atoms with E-state index in [-0.39, 0.29) is 6.10 Å². The minimum Gasteiger partial charge on any atom is -0.392 e. The Balaban J connectivity index is 2.04. The highest BCUT2D eigenvalue weighted by Crippen LogP contribution is 2.35. The zero-order valence-corrected chi connectivity index (χ0v) is 9.16. The van der Waals surface area contributed by atoms with Crippen molar-refractivity contribution in [2.24, 2.45) is 5.92 Å². The van der Waals surface area contributed by atoms with E-state index in [1.807, 2.05) is 11.8 Å². The molecule has 1 rings (SSSR count). The summed E-state index contributed by atoms with van der Waals surface area (Å²) in [4.78, 5) is 0. The van der Waals surface area contributed by atoms with Crippen LogP contribution in [0.4, 0.5) is 0 Å². The van der Waals surface area contributed by atoms with Crippen molar-refractivity contribution in [2.45, 2.75) is 50.9 Å². The Morgan fingerprint density at radius 1 is 1.42 bits per heavy atom. The SMILES string of the molecule is CC(C)(C)SCC(O)CC1CC1.